The summed E-state index contributed by atoms with van der Waals surface area (Å²) in [6.07, 6.45) is 6.99. The van der Waals surface area contributed by atoms with Crippen molar-refractivity contribution in [2.24, 2.45) is 5.92 Å². The summed E-state index contributed by atoms with van der Waals surface area (Å²) in [5, 5.41) is 0. The molecule has 0 amide bonds. The number of halogens is 1. The van der Waals surface area contributed by atoms with Crippen molar-refractivity contribution in [3.8, 4) is 11.5 Å². The third-order valence-electron chi connectivity index (χ3n) is 6.15. The van der Waals surface area contributed by atoms with Crippen molar-refractivity contribution in [3.63, 3.8) is 0 Å². The standard InChI is InChI=1S/C22H34FNO3/c1-4-5-6-7-17-15-24-10-8-16-12-21(25-2)22(26-3)13-18(16)19(24)14-20(17)27-11-9-23/h12-13,17,19-20H,4-11,14-15H2,1-3H3/t17-,19-,20-/m1/s1/i23-1. The van der Waals surface area contributed by atoms with Crippen LogP contribution in [0.1, 0.15) is 56.2 Å². The van der Waals surface area contributed by atoms with Crippen LogP contribution >= 0.6 is 0 Å². The van der Waals surface area contributed by atoms with Gasteiger partial charge in [-0.3, -0.25) is 4.90 Å². The van der Waals surface area contributed by atoms with E-state index in [9.17, 15) is 4.39 Å². The van der Waals surface area contributed by atoms with Crippen molar-refractivity contribution in [1.29, 1.82) is 0 Å². The Morgan fingerprint density at radius 2 is 1.93 bits per heavy atom. The van der Waals surface area contributed by atoms with Crippen molar-refractivity contribution in [2.75, 3.05) is 40.6 Å². The molecule has 1 saturated heterocycles. The Bertz CT molecular complexity index is 609. The van der Waals surface area contributed by atoms with Gasteiger partial charge in [-0.25, -0.2) is 4.39 Å². The van der Waals surface area contributed by atoms with E-state index in [2.05, 4.69) is 24.0 Å². The first-order valence-electron chi connectivity index (χ1n) is 10.4. The molecule has 0 N–H and O–H groups in total. The minimum atomic E-state index is -0.409. The maximum atomic E-state index is 12.8. The quantitative estimate of drug-likeness (QED) is 0.590. The first-order valence-corrected chi connectivity index (χ1v) is 10.4. The molecule has 2 aliphatic rings. The third kappa shape index (κ3) is 4.57. The SMILES string of the molecule is CCCCC[C@@H]1CN2CCc3cc(OC)c(OC)cc3[C@H]2C[C@H]1OCC[18F]. The Kier molecular flexibility index (Phi) is 7.36. The number of benzene rings is 1. The summed E-state index contributed by atoms with van der Waals surface area (Å²) in [5.74, 6) is 2.08. The first-order chi connectivity index (χ1) is 13.2. The van der Waals surface area contributed by atoms with E-state index >= 15 is 0 Å². The van der Waals surface area contributed by atoms with Gasteiger partial charge in [0.25, 0.3) is 0 Å². The van der Waals surface area contributed by atoms with Crippen molar-refractivity contribution in [3.05, 3.63) is 23.3 Å². The number of rotatable bonds is 9. The zero-order valence-corrected chi connectivity index (χ0v) is 17.0. The minimum absolute atomic E-state index is 0.137. The average Bonchev–Trinajstić information content (AvgIpc) is 2.71. The number of nitrogens with zero attached hydrogens (tertiary/aromatic N) is 1. The van der Waals surface area contributed by atoms with Gasteiger partial charge in [0, 0.05) is 19.1 Å². The predicted molar refractivity (Wildman–Crippen MR) is 106 cm³/mol. The first kappa shape index (κ1) is 20.4. The molecule has 2 heterocycles. The van der Waals surface area contributed by atoms with Gasteiger partial charge in [0.2, 0.25) is 0 Å². The zero-order valence-electron chi connectivity index (χ0n) is 17.0. The molecule has 0 saturated carbocycles. The second-order valence-corrected chi connectivity index (χ2v) is 7.76. The summed E-state index contributed by atoms with van der Waals surface area (Å²) in [4.78, 5) is 2.60. The van der Waals surface area contributed by atoms with Crippen LogP contribution in [0.15, 0.2) is 12.1 Å². The van der Waals surface area contributed by atoms with Gasteiger partial charge in [-0.15, -0.1) is 0 Å². The van der Waals surface area contributed by atoms with E-state index in [0.717, 1.165) is 37.4 Å². The fourth-order valence-electron chi connectivity index (χ4n) is 4.74. The summed E-state index contributed by atoms with van der Waals surface area (Å²) < 4.78 is 29.8. The van der Waals surface area contributed by atoms with Gasteiger partial charge < -0.3 is 14.2 Å². The molecule has 0 unspecified atom stereocenters. The molecular formula is C22H34FNO3. The number of alkyl halides is 1. The van der Waals surface area contributed by atoms with Gasteiger partial charge in [0.15, 0.2) is 11.5 Å². The lowest BCUT2D eigenvalue weighted by Crippen LogP contribution is -2.48. The molecule has 4 nitrogen and oxygen atoms in total. The summed E-state index contributed by atoms with van der Waals surface area (Å²) in [7, 11) is 3.37. The molecule has 2 aliphatic heterocycles. The van der Waals surface area contributed by atoms with Crippen LogP contribution < -0.4 is 9.47 Å². The van der Waals surface area contributed by atoms with Gasteiger partial charge in [0.05, 0.1) is 26.9 Å². The van der Waals surface area contributed by atoms with Crippen LogP contribution in [0.5, 0.6) is 11.5 Å². The van der Waals surface area contributed by atoms with E-state index in [1.807, 2.05) is 0 Å². The molecule has 0 radical (unpaired) electrons. The molecule has 0 aliphatic carbocycles. The number of hydrogen-bond acceptors (Lipinski definition) is 4. The van der Waals surface area contributed by atoms with Gasteiger partial charge in [-0.1, -0.05) is 26.2 Å². The molecule has 27 heavy (non-hydrogen) atoms. The summed E-state index contributed by atoms with van der Waals surface area (Å²) in [5.41, 5.74) is 2.65. The molecule has 152 valence electrons. The van der Waals surface area contributed by atoms with Crippen molar-refractivity contribution >= 4 is 0 Å². The van der Waals surface area contributed by atoms with Gasteiger partial charge >= 0.3 is 0 Å². The predicted octanol–water partition coefficient (Wildman–Crippen LogP) is 4.56. The molecular weight excluding hydrogens is 344 g/mol. The minimum Gasteiger partial charge on any atom is -0.493 e. The molecule has 0 spiro atoms. The number of fused-ring (bicyclic) bond motifs is 3. The lowest BCUT2D eigenvalue weighted by atomic mass is 9.80. The number of unbranched alkanes of at least 4 members (excludes halogenated alkanes) is 2. The maximum absolute atomic E-state index is 12.8. The lowest BCUT2D eigenvalue weighted by molar-refractivity contribution is -0.0640. The highest BCUT2D eigenvalue weighted by atomic mass is 18.2. The van der Waals surface area contributed by atoms with E-state index in [1.165, 1.54) is 36.8 Å². The summed E-state index contributed by atoms with van der Waals surface area (Å²) >= 11 is 0. The number of methoxy groups -OCH3 is 2. The van der Waals surface area contributed by atoms with Crippen LogP contribution in [0.25, 0.3) is 0 Å². The zero-order chi connectivity index (χ0) is 19.2. The van der Waals surface area contributed by atoms with Crippen LogP contribution in [0.2, 0.25) is 0 Å². The van der Waals surface area contributed by atoms with E-state index < -0.39 is 6.67 Å². The van der Waals surface area contributed by atoms with Crippen LogP contribution in [-0.4, -0.2) is 51.6 Å². The Balaban J connectivity index is 1.81. The smallest absolute Gasteiger partial charge is 0.161 e. The molecule has 0 bridgehead atoms. The van der Waals surface area contributed by atoms with Crippen LogP contribution in [0, 0.1) is 5.92 Å². The topological polar surface area (TPSA) is 30.9 Å². The summed E-state index contributed by atoms with van der Waals surface area (Å²) in [6, 6.07) is 4.57. The second kappa shape index (κ2) is 9.74. The van der Waals surface area contributed by atoms with Crippen molar-refractivity contribution in [1.82, 2.24) is 4.90 Å². The Labute approximate surface area is 163 Å². The van der Waals surface area contributed by atoms with Crippen LogP contribution in [-0.2, 0) is 11.2 Å². The number of ether oxygens (including phenoxy) is 3. The highest BCUT2D eigenvalue weighted by molar-refractivity contribution is 5.49. The normalized spacial score (nSPS) is 25.0. The van der Waals surface area contributed by atoms with Crippen LogP contribution in [0.4, 0.5) is 4.39 Å². The Morgan fingerprint density at radius 1 is 1.15 bits per heavy atom. The fourth-order valence-corrected chi connectivity index (χ4v) is 4.74. The monoisotopic (exact) mass is 378 g/mol. The average molecular weight is 379 g/mol. The summed E-state index contributed by atoms with van der Waals surface area (Å²) in [6.45, 7) is 4.14. The van der Waals surface area contributed by atoms with Crippen LogP contribution in [0.3, 0.4) is 0 Å². The van der Waals surface area contributed by atoms with E-state index in [4.69, 9.17) is 14.2 Å². The van der Waals surface area contributed by atoms with Crippen molar-refractivity contribution < 1.29 is 18.6 Å². The fraction of sp³-hybridized carbons (Fsp3) is 0.727. The Morgan fingerprint density at radius 3 is 2.63 bits per heavy atom. The van der Waals surface area contributed by atoms with E-state index in [-0.39, 0.29) is 12.7 Å². The Hall–Kier alpha value is -1.33. The lowest BCUT2D eigenvalue weighted by Gasteiger charge is -2.47. The molecule has 3 atom stereocenters. The second-order valence-electron chi connectivity index (χ2n) is 7.76. The molecule has 3 rings (SSSR count). The van der Waals surface area contributed by atoms with Crippen molar-refractivity contribution in [2.45, 2.75) is 57.6 Å². The van der Waals surface area contributed by atoms with Gasteiger partial charge in [0.1, 0.15) is 6.67 Å². The molecule has 1 aromatic carbocycles. The van der Waals surface area contributed by atoms with Gasteiger partial charge in [-0.2, -0.15) is 0 Å². The molecule has 1 fully saturated rings. The molecule has 5 heteroatoms. The van der Waals surface area contributed by atoms with E-state index in [1.54, 1.807) is 14.2 Å². The van der Waals surface area contributed by atoms with Gasteiger partial charge in [-0.05, 0) is 48.4 Å². The highest BCUT2D eigenvalue weighted by Crippen LogP contribution is 2.44. The maximum Gasteiger partial charge on any atom is 0.161 e. The largest absolute Gasteiger partial charge is 0.493 e. The highest BCUT2D eigenvalue weighted by Gasteiger charge is 2.39. The molecule has 1 aromatic rings. The molecule has 0 aromatic heterocycles. The third-order valence-corrected chi connectivity index (χ3v) is 6.15. The number of piperidine rings is 1. The number of hydrogen-bond donors (Lipinski definition) is 0. The van der Waals surface area contributed by atoms with E-state index in [0.29, 0.717) is 12.0 Å².